The van der Waals surface area contributed by atoms with Crippen LogP contribution in [-0.2, 0) is 6.42 Å². The number of Topliss-reactive ketones (excluding diaryl/α,β-unsaturated/α-hetero) is 1. The Kier molecular flexibility index (Phi) is 3.14. The molecule has 2 N–H and O–H groups in total. The zero-order valence-electron chi connectivity index (χ0n) is 9.06. The van der Waals surface area contributed by atoms with Crippen LogP contribution in [0.1, 0.15) is 15.9 Å². The summed E-state index contributed by atoms with van der Waals surface area (Å²) in [4.78, 5) is 15.8. The Balaban J connectivity index is 2.23. The van der Waals surface area contributed by atoms with Crippen LogP contribution < -0.4 is 5.73 Å². The molecule has 4 heteroatoms. The Hall–Kier alpha value is -2.23. The largest absolute Gasteiger partial charge is 0.398 e. The van der Waals surface area contributed by atoms with Crippen molar-refractivity contribution in [2.75, 3.05) is 5.73 Å². The molecule has 0 aliphatic rings. The van der Waals surface area contributed by atoms with Crippen LogP contribution in [0.5, 0.6) is 0 Å². The minimum absolute atomic E-state index is 0.191. The minimum atomic E-state index is -0.461. The zero-order valence-corrected chi connectivity index (χ0v) is 9.06. The molecule has 0 unspecified atom stereocenters. The van der Waals surface area contributed by atoms with Gasteiger partial charge in [-0.2, -0.15) is 0 Å². The lowest BCUT2D eigenvalue weighted by atomic mass is 10.0. The summed E-state index contributed by atoms with van der Waals surface area (Å²) in [6.07, 6.45) is 3.41. The number of hydrogen-bond acceptors (Lipinski definition) is 3. The van der Waals surface area contributed by atoms with E-state index in [0.717, 1.165) is 5.56 Å². The number of carbonyl (C=O) groups excluding carboxylic acids is 1. The van der Waals surface area contributed by atoms with E-state index >= 15 is 0 Å². The summed E-state index contributed by atoms with van der Waals surface area (Å²) >= 11 is 0. The van der Waals surface area contributed by atoms with Gasteiger partial charge in [0.05, 0.1) is 0 Å². The van der Waals surface area contributed by atoms with Crippen LogP contribution in [0, 0.1) is 5.82 Å². The van der Waals surface area contributed by atoms with E-state index in [-0.39, 0.29) is 17.8 Å². The van der Waals surface area contributed by atoms with Crippen LogP contribution in [0.2, 0.25) is 0 Å². The van der Waals surface area contributed by atoms with E-state index in [1.54, 1.807) is 24.5 Å². The molecule has 0 bridgehead atoms. The maximum atomic E-state index is 13.0. The summed E-state index contributed by atoms with van der Waals surface area (Å²) in [5.74, 6) is -0.662. The van der Waals surface area contributed by atoms with Gasteiger partial charge in [-0.05, 0) is 35.9 Å². The zero-order chi connectivity index (χ0) is 12.3. The minimum Gasteiger partial charge on any atom is -0.398 e. The average Bonchev–Trinajstić information content (AvgIpc) is 2.33. The molecule has 0 atom stereocenters. The summed E-state index contributed by atoms with van der Waals surface area (Å²) in [5.41, 5.74) is 6.99. The highest BCUT2D eigenvalue weighted by molar-refractivity contribution is 6.01. The van der Waals surface area contributed by atoms with Crippen molar-refractivity contribution in [3.8, 4) is 0 Å². The van der Waals surface area contributed by atoms with E-state index in [1.807, 2.05) is 0 Å². The number of rotatable bonds is 3. The van der Waals surface area contributed by atoms with Gasteiger partial charge in [0.25, 0.3) is 0 Å². The molecule has 2 aromatic rings. The lowest BCUT2D eigenvalue weighted by molar-refractivity contribution is 0.0993. The van der Waals surface area contributed by atoms with Crippen molar-refractivity contribution in [1.82, 2.24) is 4.98 Å². The van der Waals surface area contributed by atoms with E-state index in [0.29, 0.717) is 5.69 Å². The first-order valence-corrected chi connectivity index (χ1v) is 5.14. The van der Waals surface area contributed by atoms with Crippen molar-refractivity contribution in [2.45, 2.75) is 6.42 Å². The van der Waals surface area contributed by atoms with Crippen molar-refractivity contribution in [3.05, 3.63) is 59.7 Å². The monoisotopic (exact) mass is 230 g/mol. The number of nitrogens with zero attached hydrogens (tertiary/aromatic N) is 1. The topological polar surface area (TPSA) is 56.0 Å². The van der Waals surface area contributed by atoms with E-state index in [1.165, 1.54) is 18.2 Å². The molecule has 0 radical (unpaired) electrons. The second-order valence-corrected chi connectivity index (χ2v) is 3.69. The summed E-state index contributed by atoms with van der Waals surface area (Å²) in [7, 11) is 0. The average molecular weight is 230 g/mol. The predicted molar refractivity (Wildman–Crippen MR) is 63.1 cm³/mol. The molecule has 1 heterocycles. The predicted octanol–water partition coefficient (Wildman–Crippen LogP) is 2.23. The molecule has 17 heavy (non-hydrogen) atoms. The second-order valence-electron chi connectivity index (χ2n) is 3.69. The van der Waals surface area contributed by atoms with Crippen LogP contribution in [0.15, 0.2) is 42.7 Å². The van der Waals surface area contributed by atoms with Crippen molar-refractivity contribution in [2.24, 2.45) is 0 Å². The first-order valence-electron chi connectivity index (χ1n) is 5.14. The number of aromatic nitrogens is 1. The molecule has 1 aromatic carbocycles. The maximum Gasteiger partial charge on any atom is 0.169 e. The fourth-order valence-corrected chi connectivity index (χ4v) is 1.55. The second kappa shape index (κ2) is 4.74. The Labute approximate surface area is 98.1 Å². The van der Waals surface area contributed by atoms with Crippen molar-refractivity contribution in [3.63, 3.8) is 0 Å². The number of ketones is 1. The third kappa shape index (κ3) is 2.66. The molecule has 0 saturated heterocycles. The summed E-state index contributed by atoms with van der Waals surface area (Å²) in [6.45, 7) is 0. The van der Waals surface area contributed by atoms with E-state index in [9.17, 15) is 9.18 Å². The first kappa shape index (κ1) is 11.3. The Morgan fingerprint density at radius 1 is 1.24 bits per heavy atom. The summed E-state index contributed by atoms with van der Waals surface area (Å²) in [6, 6.07) is 7.29. The lowest BCUT2D eigenvalue weighted by Crippen LogP contribution is -2.07. The van der Waals surface area contributed by atoms with Gasteiger partial charge in [0.15, 0.2) is 5.78 Å². The Morgan fingerprint density at radius 2 is 1.94 bits per heavy atom. The van der Waals surface area contributed by atoms with Gasteiger partial charge in [0, 0.05) is 30.1 Å². The highest BCUT2D eigenvalue weighted by Crippen LogP contribution is 2.16. The standard InChI is InChI=1S/C13H11FN2O/c14-10-1-2-12(15)11(8-10)13(17)7-9-3-5-16-6-4-9/h1-6,8H,7,15H2. The molecule has 0 aliphatic carbocycles. The number of nitrogens with two attached hydrogens (primary N) is 1. The third-order valence-electron chi connectivity index (χ3n) is 2.43. The molecule has 1 aromatic heterocycles. The molecular formula is C13H11FN2O. The number of benzene rings is 1. The van der Waals surface area contributed by atoms with Gasteiger partial charge < -0.3 is 5.73 Å². The van der Waals surface area contributed by atoms with Gasteiger partial charge >= 0.3 is 0 Å². The molecule has 0 saturated carbocycles. The molecule has 0 amide bonds. The number of hydrogen-bond donors (Lipinski definition) is 1. The molecule has 0 aliphatic heterocycles. The molecular weight excluding hydrogens is 219 g/mol. The van der Waals surface area contributed by atoms with Crippen LogP contribution in [0.25, 0.3) is 0 Å². The fraction of sp³-hybridized carbons (Fsp3) is 0.0769. The number of anilines is 1. The highest BCUT2D eigenvalue weighted by atomic mass is 19.1. The molecule has 0 fully saturated rings. The van der Waals surface area contributed by atoms with Gasteiger partial charge in [-0.25, -0.2) is 4.39 Å². The van der Waals surface area contributed by atoms with E-state index in [4.69, 9.17) is 5.73 Å². The molecule has 86 valence electrons. The van der Waals surface area contributed by atoms with Crippen LogP contribution in [-0.4, -0.2) is 10.8 Å². The molecule has 2 rings (SSSR count). The quantitative estimate of drug-likeness (QED) is 0.649. The van der Waals surface area contributed by atoms with Gasteiger partial charge in [0.2, 0.25) is 0 Å². The number of carbonyl (C=O) groups is 1. The number of pyridine rings is 1. The van der Waals surface area contributed by atoms with Crippen LogP contribution >= 0.6 is 0 Å². The highest BCUT2D eigenvalue weighted by Gasteiger charge is 2.11. The van der Waals surface area contributed by atoms with E-state index in [2.05, 4.69) is 4.98 Å². The summed E-state index contributed by atoms with van der Waals surface area (Å²) in [5, 5.41) is 0. The Bertz CT molecular complexity index is 540. The van der Waals surface area contributed by atoms with Crippen LogP contribution in [0.4, 0.5) is 10.1 Å². The van der Waals surface area contributed by atoms with Crippen LogP contribution in [0.3, 0.4) is 0 Å². The van der Waals surface area contributed by atoms with Gasteiger partial charge in [-0.1, -0.05) is 0 Å². The smallest absolute Gasteiger partial charge is 0.169 e. The van der Waals surface area contributed by atoms with Gasteiger partial charge in [0.1, 0.15) is 5.82 Å². The van der Waals surface area contributed by atoms with E-state index < -0.39 is 5.82 Å². The SMILES string of the molecule is Nc1ccc(F)cc1C(=O)Cc1ccncc1. The first-order chi connectivity index (χ1) is 8.16. The van der Waals surface area contributed by atoms with Crippen molar-refractivity contribution >= 4 is 11.5 Å². The number of halogens is 1. The third-order valence-corrected chi connectivity index (χ3v) is 2.43. The molecule has 0 spiro atoms. The molecule has 3 nitrogen and oxygen atoms in total. The fourth-order valence-electron chi connectivity index (χ4n) is 1.55. The number of nitrogen functional groups attached to an aromatic ring is 1. The lowest BCUT2D eigenvalue weighted by Gasteiger charge is -2.04. The Morgan fingerprint density at radius 3 is 2.65 bits per heavy atom. The van der Waals surface area contributed by atoms with Crippen molar-refractivity contribution < 1.29 is 9.18 Å². The van der Waals surface area contributed by atoms with Gasteiger partial charge in [-0.15, -0.1) is 0 Å². The summed E-state index contributed by atoms with van der Waals surface area (Å²) < 4.78 is 13.0. The van der Waals surface area contributed by atoms with Gasteiger partial charge in [-0.3, -0.25) is 9.78 Å². The van der Waals surface area contributed by atoms with Crippen molar-refractivity contribution in [1.29, 1.82) is 0 Å². The maximum absolute atomic E-state index is 13.0. The normalized spacial score (nSPS) is 10.2.